The van der Waals surface area contributed by atoms with Crippen molar-refractivity contribution in [3.05, 3.63) is 53.4 Å². The maximum atomic E-state index is 13.9. The molecule has 3 N–H and O–H groups in total. The van der Waals surface area contributed by atoms with Gasteiger partial charge in [0.15, 0.2) is 11.5 Å². The van der Waals surface area contributed by atoms with Crippen molar-refractivity contribution in [3.63, 3.8) is 0 Å². The lowest BCUT2D eigenvalue weighted by molar-refractivity contribution is -0.141. The molecule has 0 saturated heterocycles. The Labute approximate surface area is 207 Å². The number of carbonyl (C=O) groups is 2. The number of nitrogens with two attached hydrogens (primary N) is 1. The fraction of sp³-hybridized carbons (Fsp3) is 0.500. The van der Waals surface area contributed by atoms with Crippen LogP contribution in [-0.4, -0.2) is 45.3 Å². The topological polar surface area (TPSA) is 101 Å². The molecule has 1 heterocycles. The van der Waals surface area contributed by atoms with Crippen LogP contribution in [0.25, 0.3) is 5.69 Å². The molecule has 0 aliphatic heterocycles. The van der Waals surface area contributed by atoms with Gasteiger partial charge in [-0.3, -0.25) is 9.59 Å². The molecule has 36 heavy (non-hydrogen) atoms. The number of rotatable bonds is 6. The Balaban J connectivity index is 1.89. The monoisotopic (exact) mass is 504 g/mol. The van der Waals surface area contributed by atoms with Crippen molar-refractivity contribution in [2.75, 3.05) is 11.4 Å². The maximum absolute atomic E-state index is 13.9. The summed E-state index contributed by atoms with van der Waals surface area (Å²) < 4.78 is 42.9. The molecular weight excluding hydrogens is 473 g/mol. The number of anilines is 1. The number of hydrogen-bond acceptors (Lipinski definition) is 5. The third-order valence-electron chi connectivity index (χ3n) is 7.05. The van der Waals surface area contributed by atoms with E-state index in [2.05, 4.69) is 11.7 Å². The number of amides is 1. The summed E-state index contributed by atoms with van der Waals surface area (Å²) in [6, 6.07) is 4.57. The number of benzene rings is 1. The molecule has 1 aromatic heterocycles. The van der Waals surface area contributed by atoms with Crippen molar-refractivity contribution >= 4 is 17.4 Å². The number of alkyl halides is 3. The Kier molecular flexibility index (Phi) is 6.76. The average Bonchev–Trinajstić information content (AvgIpc) is 3.17. The van der Waals surface area contributed by atoms with Gasteiger partial charge in [-0.05, 0) is 55.7 Å². The van der Waals surface area contributed by atoms with E-state index in [1.807, 2.05) is 18.7 Å². The van der Waals surface area contributed by atoms with Gasteiger partial charge in [0.1, 0.15) is 0 Å². The van der Waals surface area contributed by atoms with E-state index in [0.29, 0.717) is 43.6 Å². The number of aliphatic hydroxyl groups is 1. The van der Waals surface area contributed by atoms with Crippen molar-refractivity contribution in [3.8, 4) is 5.69 Å². The number of carbonyl (C=O) groups excluding carboxylic acids is 2. The van der Waals surface area contributed by atoms with Gasteiger partial charge >= 0.3 is 6.18 Å². The SMILES string of the molecule is C=CCN(c1cc(-n2nc(C(F)(F)F)c3c2CC(C)(C)CC3=O)ccc1C(N)=O)[C@H]1CC[C@H](O)CC1. The number of fused-ring (bicyclic) bond motifs is 1. The molecule has 0 spiro atoms. The minimum Gasteiger partial charge on any atom is -0.393 e. The van der Waals surface area contributed by atoms with Crippen molar-refractivity contribution in [1.82, 2.24) is 9.78 Å². The summed E-state index contributed by atoms with van der Waals surface area (Å²) in [4.78, 5) is 27.1. The number of ketones is 1. The van der Waals surface area contributed by atoms with Crippen LogP contribution in [0.15, 0.2) is 30.9 Å². The zero-order valence-electron chi connectivity index (χ0n) is 20.4. The summed E-state index contributed by atoms with van der Waals surface area (Å²) in [5.74, 6) is -1.25. The van der Waals surface area contributed by atoms with Gasteiger partial charge in [0.25, 0.3) is 5.91 Å². The number of nitrogens with zero attached hydrogens (tertiary/aromatic N) is 3. The van der Waals surface area contributed by atoms with Crippen LogP contribution >= 0.6 is 0 Å². The van der Waals surface area contributed by atoms with Gasteiger partial charge in [-0.25, -0.2) is 4.68 Å². The highest BCUT2D eigenvalue weighted by Crippen LogP contribution is 2.42. The maximum Gasteiger partial charge on any atom is 0.435 e. The molecule has 2 aliphatic rings. The summed E-state index contributed by atoms with van der Waals surface area (Å²) in [7, 11) is 0. The summed E-state index contributed by atoms with van der Waals surface area (Å²) in [5.41, 5.74) is 4.75. The van der Waals surface area contributed by atoms with Crippen LogP contribution in [0.3, 0.4) is 0 Å². The van der Waals surface area contributed by atoms with E-state index >= 15 is 0 Å². The number of hydrogen-bond donors (Lipinski definition) is 2. The molecular formula is C26H31F3N4O3. The lowest BCUT2D eigenvalue weighted by atomic mass is 9.75. The van der Waals surface area contributed by atoms with Crippen LogP contribution in [0.2, 0.25) is 0 Å². The van der Waals surface area contributed by atoms with Gasteiger partial charge in [-0.1, -0.05) is 19.9 Å². The molecule has 4 rings (SSSR count). The Morgan fingerprint density at radius 3 is 2.53 bits per heavy atom. The number of aromatic nitrogens is 2. The predicted molar refractivity (Wildman–Crippen MR) is 129 cm³/mol. The highest BCUT2D eigenvalue weighted by molar-refractivity contribution is 6.01. The van der Waals surface area contributed by atoms with Gasteiger partial charge in [0.2, 0.25) is 0 Å². The summed E-state index contributed by atoms with van der Waals surface area (Å²) in [5, 5.41) is 13.8. The molecule has 7 nitrogen and oxygen atoms in total. The normalized spacial score (nSPS) is 21.7. The zero-order valence-corrected chi connectivity index (χ0v) is 20.4. The highest BCUT2D eigenvalue weighted by Gasteiger charge is 2.45. The van der Waals surface area contributed by atoms with Crippen molar-refractivity contribution in [2.45, 2.75) is 70.7 Å². The quantitative estimate of drug-likeness (QED) is 0.567. The first-order valence-electron chi connectivity index (χ1n) is 12.0. The first-order chi connectivity index (χ1) is 16.8. The molecule has 1 saturated carbocycles. The molecule has 0 unspecified atom stereocenters. The Hall–Kier alpha value is -3.14. The van der Waals surface area contributed by atoms with Crippen LogP contribution < -0.4 is 10.6 Å². The van der Waals surface area contributed by atoms with Gasteiger partial charge in [-0.2, -0.15) is 18.3 Å². The Morgan fingerprint density at radius 2 is 1.94 bits per heavy atom. The molecule has 10 heteroatoms. The molecule has 1 fully saturated rings. The Morgan fingerprint density at radius 1 is 1.28 bits per heavy atom. The molecule has 1 aromatic carbocycles. The number of aliphatic hydroxyl groups excluding tert-OH is 1. The summed E-state index contributed by atoms with van der Waals surface area (Å²) in [6.45, 7) is 7.87. The third kappa shape index (κ3) is 4.91. The van der Waals surface area contributed by atoms with E-state index in [9.17, 15) is 27.9 Å². The van der Waals surface area contributed by atoms with E-state index in [0.717, 1.165) is 0 Å². The van der Waals surface area contributed by atoms with E-state index in [4.69, 9.17) is 5.73 Å². The van der Waals surface area contributed by atoms with Gasteiger partial charge < -0.3 is 15.7 Å². The van der Waals surface area contributed by atoms with Crippen molar-refractivity contribution < 1.29 is 27.9 Å². The molecule has 0 bridgehead atoms. The lowest BCUT2D eigenvalue weighted by Gasteiger charge is -2.37. The lowest BCUT2D eigenvalue weighted by Crippen LogP contribution is -2.40. The van der Waals surface area contributed by atoms with E-state index < -0.39 is 29.0 Å². The minimum absolute atomic E-state index is 0.00127. The molecule has 0 radical (unpaired) electrons. The number of Topliss-reactive ketones (excluding diaryl/α,β-unsaturated/α-hetero) is 1. The second-order valence-corrected chi connectivity index (χ2v) is 10.5. The second-order valence-electron chi connectivity index (χ2n) is 10.5. The van der Waals surface area contributed by atoms with E-state index in [-0.39, 0.29) is 41.8 Å². The highest BCUT2D eigenvalue weighted by atomic mass is 19.4. The second kappa shape index (κ2) is 9.38. The largest absolute Gasteiger partial charge is 0.435 e. The fourth-order valence-electron chi connectivity index (χ4n) is 5.41. The average molecular weight is 505 g/mol. The summed E-state index contributed by atoms with van der Waals surface area (Å²) in [6.07, 6.45) is -0.703. The van der Waals surface area contributed by atoms with Crippen molar-refractivity contribution in [1.29, 1.82) is 0 Å². The van der Waals surface area contributed by atoms with Crippen LogP contribution in [0, 0.1) is 5.41 Å². The smallest absolute Gasteiger partial charge is 0.393 e. The zero-order chi connectivity index (χ0) is 26.4. The van der Waals surface area contributed by atoms with Gasteiger partial charge in [-0.15, -0.1) is 6.58 Å². The van der Waals surface area contributed by atoms with Crippen LogP contribution in [0.4, 0.5) is 18.9 Å². The third-order valence-corrected chi connectivity index (χ3v) is 7.05. The number of halogens is 3. The van der Waals surface area contributed by atoms with Crippen LogP contribution in [0.1, 0.15) is 78.1 Å². The Bertz CT molecular complexity index is 1190. The predicted octanol–water partition coefficient (Wildman–Crippen LogP) is 4.44. The molecule has 194 valence electrons. The van der Waals surface area contributed by atoms with Gasteiger partial charge in [0, 0.05) is 19.0 Å². The standard InChI is InChI=1S/C26H31F3N4O3/c1-4-11-32(15-5-8-17(34)9-6-15)19-12-16(7-10-18(19)24(30)36)33-20-13-25(2,3)14-21(35)22(20)23(31-33)26(27,28)29/h4,7,10,12,15,17,34H,1,5-6,8-9,11,13-14H2,2-3H3,(H2,30,36)/t15-,17-. The van der Waals surface area contributed by atoms with Crippen LogP contribution in [-0.2, 0) is 12.6 Å². The molecule has 0 atom stereocenters. The van der Waals surface area contributed by atoms with Crippen LogP contribution in [0.5, 0.6) is 0 Å². The van der Waals surface area contributed by atoms with Gasteiger partial charge in [0.05, 0.1) is 34.3 Å². The number of primary amides is 1. The molecule has 2 aliphatic carbocycles. The fourth-order valence-corrected chi connectivity index (χ4v) is 5.41. The molecule has 2 aromatic rings. The molecule has 1 amide bonds. The van der Waals surface area contributed by atoms with E-state index in [1.54, 1.807) is 12.1 Å². The summed E-state index contributed by atoms with van der Waals surface area (Å²) >= 11 is 0. The first-order valence-corrected chi connectivity index (χ1v) is 12.0. The first kappa shape index (κ1) is 25.9. The van der Waals surface area contributed by atoms with E-state index in [1.165, 1.54) is 16.8 Å². The minimum atomic E-state index is -4.79. The van der Waals surface area contributed by atoms with Crippen molar-refractivity contribution in [2.24, 2.45) is 11.1 Å².